The van der Waals surface area contributed by atoms with Crippen LogP contribution in [0.3, 0.4) is 0 Å². The number of hydrogen-bond acceptors (Lipinski definition) is 2. The second-order valence-electron chi connectivity index (χ2n) is 4.46. The van der Waals surface area contributed by atoms with E-state index in [1.807, 2.05) is 36.7 Å². The molecule has 2 heteroatoms. The van der Waals surface area contributed by atoms with E-state index in [9.17, 15) is 0 Å². The van der Waals surface area contributed by atoms with Crippen molar-refractivity contribution in [3.05, 3.63) is 84.3 Å². The molecule has 0 unspecified atom stereocenters. The number of nitrogens with zero attached hydrogens (tertiary/aromatic N) is 2. The Morgan fingerprint density at radius 2 is 1.58 bits per heavy atom. The van der Waals surface area contributed by atoms with Gasteiger partial charge in [0.15, 0.2) is 0 Å². The smallest absolute Gasteiger partial charge is 0.0702 e. The number of rotatable bonds is 3. The zero-order valence-electron chi connectivity index (χ0n) is 10.5. The Balaban J connectivity index is 1.80. The van der Waals surface area contributed by atoms with Gasteiger partial charge in [-0.15, -0.1) is 0 Å². The summed E-state index contributed by atoms with van der Waals surface area (Å²) in [5.41, 5.74) is 4.57. The Hall–Kier alpha value is -2.48. The molecule has 3 rings (SSSR count). The molecule has 0 saturated heterocycles. The fourth-order valence-electron chi connectivity index (χ4n) is 2.05. The van der Waals surface area contributed by atoms with Crippen molar-refractivity contribution in [2.24, 2.45) is 0 Å². The molecule has 0 N–H and O–H groups in total. The maximum absolute atomic E-state index is 4.52. The SMILES string of the molecule is c1ccc(-c2ccc(Cc3cccnc3)cn2)cc1. The summed E-state index contributed by atoms with van der Waals surface area (Å²) in [7, 11) is 0. The van der Waals surface area contributed by atoms with Gasteiger partial charge in [0.25, 0.3) is 0 Å². The van der Waals surface area contributed by atoms with Gasteiger partial charge in [-0.05, 0) is 23.3 Å². The van der Waals surface area contributed by atoms with Crippen molar-refractivity contribution in [3.8, 4) is 11.3 Å². The zero-order chi connectivity index (χ0) is 12.9. The van der Waals surface area contributed by atoms with Crippen LogP contribution >= 0.6 is 0 Å². The van der Waals surface area contributed by atoms with E-state index in [4.69, 9.17) is 0 Å². The third-order valence-electron chi connectivity index (χ3n) is 3.03. The third-order valence-corrected chi connectivity index (χ3v) is 3.03. The van der Waals surface area contributed by atoms with E-state index in [0.717, 1.165) is 17.7 Å². The van der Waals surface area contributed by atoms with Crippen LogP contribution in [-0.4, -0.2) is 9.97 Å². The summed E-state index contributed by atoms with van der Waals surface area (Å²) in [5.74, 6) is 0. The Labute approximate surface area is 112 Å². The first-order valence-electron chi connectivity index (χ1n) is 6.31. The monoisotopic (exact) mass is 246 g/mol. The number of benzene rings is 1. The Kier molecular flexibility index (Phi) is 3.32. The molecule has 0 fully saturated rings. The largest absolute Gasteiger partial charge is 0.264 e. The molecule has 92 valence electrons. The molecule has 0 spiro atoms. The minimum absolute atomic E-state index is 0.871. The summed E-state index contributed by atoms with van der Waals surface area (Å²) in [6.07, 6.45) is 6.50. The van der Waals surface area contributed by atoms with E-state index in [-0.39, 0.29) is 0 Å². The third kappa shape index (κ3) is 2.86. The number of hydrogen-bond donors (Lipinski definition) is 0. The van der Waals surface area contributed by atoms with Gasteiger partial charge in [0, 0.05) is 30.6 Å². The molecule has 0 radical (unpaired) electrons. The fourth-order valence-corrected chi connectivity index (χ4v) is 2.05. The standard InChI is InChI=1S/C17H14N2/c1-2-6-16(7-3-1)17-9-8-15(13-19-17)11-14-5-4-10-18-12-14/h1-10,12-13H,11H2. The first-order chi connectivity index (χ1) is 9.42. The van der Waals surface area contributed by atoms with Crippen LogP contribution in [0.2, 0.25) is 0 Å². The van der Waals surface area contributed by atoms with E-state index in [1.165, 1.54) is 11.1 Å². The number of pyridine rings is 2. The quantitative estimate of drug-likeness (QED) is 0.703. The van der Waals surface area contributed by atoms with Crippen LogP contribution in [0, 0.1) is 0 Å². The lowest BCUT2D eigenvalue weighted by Crippen LogP contribution is -1.91. The maximum atomic E-state index is 4.52. The molecular weight excluding hydrogens is 232 g/mol. The topological polar surface area (TPSA) is 25.8 Å². The van der Waals surface area contributed by atoms with Crippen LogP contribution in [0.25, 0.3) is 11.3 Å². The van der Waals surface area contributed by atoms with Crippen molar-refractivity contribution in [2.45, 2.75) is 6.42 Å². The lowest BCUT2D eigenvalue weighted by atomic mass is 10.1. The van der Waals surface area contributed by atoms with Crippen LogP contribution in [0.15, 0.2) is 73.2 Å². The summed E-state index contributed by atoms with van der Waals surface area (Å²) in [6.45, 7) is 0. The highest BCUT2D eigenvalue weighted by molar-refractivity contribution is 5.58. The van der Waals surface area contributed by atoms with Gasteiger partial charge in [-0.2, -0.15) is 0 Å². The summed E-state index contributed by atoms with van der Waals surface area (Å²) in [4.78, 5) is 8.65. The lowest BCUT2D eigenvalue weighted by molar-refractivity contribution is 1.12. The molecule has 1 aromatic carbocycles. The summed E-state index contributed by atoms with van der Waals surface area (Å²) in [6, 6.07) is 18.5. The van der Waals surface area contributed by atoms with E-state index in [0.29, 0.717) is 0 Å². The highest BCUT2D eigenvalue weighted by atomic mass is 14.7. The van der Waals surface area contributed by atoms with Crippen molar-refractivity contribution in [2.75, 3.05) is 0 Å². The summed E-state index contributed by atoms with van der Waals surface area (Å²) >= 11 is 0. The van der Waals surface area contributed by atoms with E-state index < -0.39 is 0 Å². The maximum Gasteiger partial charge on any atom is 0.0702 e. The minimum Gasteiger partial charge on any atom is -0.264 e. The highest BCUT2D eigenvalue weighted by Crippen LogP contribution is 2.17. The second-order valence-corrected chi connectivity index (χ2v) is 4.46. The van der Waals surface area contributed by atoms with Gasteiger partial charge in [-0.1, -0.05) is 42.5 Å². The first-order valence-corrected chi connectivity index (χ1v) is 6.31. The van der Waals surface area contributed by atoms with Crippen LogP contribution < -0.4 is 0 Å². The van der Waals surface area contributed by atoms with Gasteiger partial charge in [0.05, 0.1) is 5.69 Å². The van der Waals surface area contributed by atoms with Crippen LogP contribution in [-0.2, 0) is 6.42 Å². The zero-order valence-corrected chi connectivity index (χ0v) is 10.5. The lowest BCUT2D eigenvalue weighted by Gasteiger charge is -2.03. The average molecular weight is 246 g/mol. The van der Waals surface area contributed by atoms with E-state index in [2.05, 4.69) is 40.3 Å². The van der Waals surface area contributed by atoms with Crippen molar-refractivity contribution in [3.63, 3.8) is 0 Å². The van der Waals surface area contributed by atoms with E-state index >= 15 is 0 Å². The summed E-state index contributed by atoms with van der Waals surface area (Å²) in [5, 5.41) is 0. The normalized spacial score (nSPS) is 10.3. The average Bonchev–Trinajstić information content (AvgIpc) is 2.50. The second kappa shape index (κ2) is 5.44. The molecule has 19 heavy (non-hydrogen) atoms. The predicted molar refractivity (Wildman–Crippen MR) is 76.7 cm³/mol. The molecule has 2 heterocycles. The molecular formula is C17H14N2. The molecule has 2 aromatic heterocycles. The van der Waals surface area contributed by atoms with Gasteiger partial charge in [0.1, 0.15) is 0 Å². The summed E-state index contributed by atoms with van der Waals surface area (Å²) < 4.78 is 0. The van der Waals surface area contributed by atoms with Crippen LogP contribution in [0.4, 0.5) is 0 Å². The van der Waals surface area contributed by atoms with Gasteiger partial charge in [-0.3, -0.25) is 9.97 Å². The van der Waals surface area contributed by atoms with Crippen molar-refractivity contribution < 1.29 is 0 Å². The molecule has 3 aromatic rings. The van der Waals surface area contributed by atoms with Crippen molar-refractivity contribution >= 4 is 0 Å². The Morgan fingerprint density at radius 3 is 2.26 bits per heavy atom. The molecule has 2 nitrogen and oxygen atoms in total. The molecule has 0 bridgehead atoms. The highest BCUT2D eigenvalue weighted by Gasteiger charge is 2.00. The van der Waals surface area contributed by atoms with Crippen LogP contribution in [0.5, 0.6) is 0 Å². The van der Waals surface area contributed by atoms with Gasteiger partial charge in [-0.25, -0.2) is 0 Å². The Morgan fingerprint density at radius 1 is 0.737 bits per heavy atom. The van der Waals surface area contributed by atoms with Gasteiger partial charge >= 0.3 is 0 Å². The van der Waals surface area contributed by atoms with Crippen LogP contribution in [0.1, 0.15) is 11.1 Å². The predicted octanol–water partition coefficient (Wildman–Crippen LogP) is 3.73. The number of aromatic nitrogens is 2. The molecule has 0 aliphatic carbocycles. The van der Waals surface area contributed by atoms with Crippen molar-refractivity contribution in [1.29, 1.82) is 0 Å². The van der Waals surface area contributed by atoms with Gasteiger partial charge < -0.3 is 0 Å². The molecule has 0 atom stereocenters. The Bertz CT molecular complexity index is 631. The van der Waals surface area contributed by atoms with Gasteiger partial charge in [0.2, 0.25) is 0 Å². The van der Waals surface area contributed by atoms with E-state index in [1.54, 1.807) is 6.20 Å². The first kappa shape index (κ1) is 11.6. The molecule has 0 amide bonds. The molecule has 0 aliphatic rings. The van der Waals surface area contributed by atoms with Crippen molar-refractivity contribution in [1.82, 2.24) is 9.97 Å². The molecule has 0 saturated carbocycles. The molecule has 0 aliphatic heterocycles. The fraction of sp³-hybridized carbons (Fsp3) is 0.0588. The minimum atomic E-state index is 0.871.